The number of nitrogens with zero attached hydrogens (tertiary/aromatic N) is 2. The monoisotopic (exact) mass is 296 g/mol. The molecule has 1 aliphatic heterocycles. The number of carboxylic acids is 1. The highest BCUT2D eigenvalue weighted by Gasteiger charge is 2.39. The zero-order valence-electron chi connectivity index (χ0n) is 11.3. The minimum Gasteiger partial charge on any atom is -0.481 e. The van der Waals surface area contributed by atoms with Crippen molar-refractivity contribution in [3.05, 3.63) is 23.0 Å². The number of aromatic nitrogens is 1. The van der Waals surface area contributed by atoms with Gasteiger partial charge in [0.15, 0.2) is 0 Å². The quantitative estimate of drug-likeness (QED) is 0.927. The summed E-state index contributed by atoms with van der Waals surface area (Å²) >= 11 is 6.00. The molecule has 1 amide bonds. The van der Waals surface area contributed by atoms with Crippen LogP contribution in [0.4, 0.5) is 0 Å². The molecule has 20 heavy (non-hydrogen) atoms. The fourth-order valence-electron chi connectivity index (χ4n) is 2.63. The van der Waals surface area contributed by atoms with Gasteiger partial charge in [-0.05, 0) is 18.9 Å². The van der Waals surface area contributed by atoms with Crippen LogP contribution in [0.1, 0.15) is 36.3 Å². The van der Waals surface area contributed by atoms with Gasteiger partial charge in [0.1, 0.15) is 5.69 Å². The van der Waals surface area contributed by atoms with E-state index in [4.69, 9.17) is 16.7 Å². The lowest BCUT2D eigenvalue weighted by Gasteiger charge is -2.41. The van der Waals surface area contributed by atoms with Crippen LogP contribution >= 0.6 is 11.6 Å². The molecule has 1 atom stereocenters. The average Bonchev–Trinajstić information content (AvgIpc) is 3.10. The number of likely N-dealkylation sites (tertiary alicyclic amines) is 1. The van der Waals surface area contributed by atoms with Crippen LogP contribution in [0.2, 0.25) is 5.02 Å². The van der Waals surface area contributed by atoms with E-state index in [9.17, 15) is 9.59 Å². The second kappa shape index (κ2) is 4.81. The molecule has 2 fully saturated rings. The van der Waals surface area contributed by atoms with E-state index in [0.717, 1.165) is 12.8 Å². The minimum absolute atomic E-state index is 0.0439. The summed E-state index contributed by atoms with van der Waals surface area (Å²) < 4.78 is 1.96. The van der Waals surface area contributed by atoms with E-state index in [1.54, 1.807) is 17.9 Å². The highest BCUT2D eigenvalue weighted by molar-refractivity contribution is 6.31. The van der Waals surface area contributed by atoms with Crippen molar-refractivity contribution < 1.29 is 14.7 Å². The first-order chi connectivity index (χ1) is 9.47. The summed E-state index contributed by atoms with van der Waals surface area (Å²) in [5.74, 6) is -1.20. The lowest BCUT2D eigenvalue weighted by atomic mass is 9.87. The molecule has 1 aromatic rings. The molecule has 0 radical (unpaired) electrons. The van der Waals surface area contributed by atoms with Crippen molar-refractivity contribution in [1.29, 1.82) is 0 Å². The normalized spacial score (nSPS) is 20.6. The van der Waals surface area contributed by atoms with Gasteiger partial charge in [0.25, 0.3) is 5.91 Å². The third-order valence-electron chi connectivity index (χ3n) is 4.27. The second-order valence-electron chi connectivity index (χ2n) is 5.78. The maximum atomic E-state index is 12.4. The Labute approximate surface area is 122 Å². The van der Waals surface area contributed by atoms with E-state index >= 15 is 0 Å². The third kappa shape index (κ3) is 2.30. The molecule has 1 N–H and O–H groups in total. The molecule has 1 unspecified atom stereocenters. The van der Waals surface area contributed by atoms with E-state index in [1.165, 1.54) is 0 Å². The molecule has 3 rings (SSSR count). The number of halogens is 1. The van der Waals surface area contributed by atoms with Crippen molar-refractivity contribution in [2.45, 2.75) is 25.8 Å². The van der Waals surface area contributed by atoms with Gasteiger partial charge in [0, 0.05) is 31.2 Å². The van der Waals surface area contributed by atoms with Crippen LogP contribution < -0.4 is 0 Å². The highest BCUT2D eigenvalue weighted by atomic mass is 35.5. The highest BCUT2D eigenvalue weighted by Crippen LogP contribution is 2.38. The van der Waals surface area contributed by atoms with Gasteiger partial charge in [0.05, 0.1) is 10.9 Å². The van der Waals surface area contributed by atoms with Crippen molar-refractivity contribution in [2.75, 3.05) is 13.1 Å². The standard InChI is InChI=1S/C14H17ClN2O3/c1-8(14(19)20)9-5-16(6-9)13(18)12-4-10(15)7-17(12)11-2-3-11/h4,7-9,11H,2-3,5-6H2,1H3,(H,19,20). The summed E-state index contributed by atoms with van der Waals surface area (Å²) in [7, 11) is 0. The SMILES string of the molecule is CC(C(=O)O)C1CN(C(=O)c2cc(Cl)cn2C2CC2)C1. The number of amides is 1. The Morgan fingerprint density at radius 2 is 2.05 bits per heavy atom. The largest absolute Gasteiger partial charge is 0.481 e. The van der Waals surface area contributed by atoms with Crippen molar-refractivity contribution in [2.24, 2.45) is 11.8 Å². The predicted molar refractivity (Wildman–Crippen MR) is 73.9 cm³/mol. The summed E-state index contributed by atoms with van der Waals surface area (Å²) in [6.45, 7) is 2.72. The van der Waals surface area contributed by atoms with E-state index in [1.807, 2.05) is 10.8 Å². The van der Waals surface area contributed by atoms with E-state index in [2.05, 4.69) is 0 Å². The molecule has 1 aromatic heterocycles. The van der Waals surface area contributed by atoms with Crippen LogP contribution in [0, 0.1) is 11.8 Å². The first-order valence-electron chi connectivity index (χ1n) is 6.87. The van der Waals surface area contributed by atoms with Gasteiger partial charge >= 0.3 is 5.97 Å². The molecule has 108 valence electrons. The first-order valence-corrected chi connectivity index (χ1v) is 7.24. The zero-order chi connectivity index (χ0) is 14.4. The minimum atomic E-state index is -0.800. The second-order valence-corrected chi connectivity index (χ2v) is 6.22. The van der Waals surface area contributed by atoms with Crippen molar-refractivity contribution in [1.82, 2.24) is 9.47 Å². The Morgan fingerprint density at radius 1 is 1.40 bits per heavy atom. The van der Waals surface area contributed by atoms with Crippen LogP contribution in [0.25, 0.3) is 0 Å². The van der Waals surface area contributed by atoms with Gasteiger partial charge < -0.3 is 14.6 Å². The average molecular weight is 297 g/mol. The number of carbonyl (C=O) groups excluding carboxylic acids is 1. The van der Waals surface area contributed by atoms with Crippen LogP contribution in [0.15, 0.2) is 12.3 Å². The van der Waals surface area contributed by atoms with Crippen LogP contribution in [-0.4, -0.2) is 39.5 Å². The van der Waals surface area contributed by atoms with Gasteiger partial charge in [-0.3, -0.25) is 9.59 Å². The van der Waals surface area contributed by atoms with Gasteiger partial charge in [-0.25, -0.2) is 0 Å². The predicted octanol–water partition coefficient (Wildman–Crippen LogP) is 2.27. The molecule has 5 nitrogen and oxygen atoms in total. The smallest absolute Gasteiger partial charge is 0.306 e. The molecule has 1 aliphatic carbocycles. The fraction of sp³-hybridized carbons (Fsp3) is 0.571. The van der Waals surface area contributed by atoms with Gasteiger partial charge in [-0.15, -0.1) is 0 Å². The van der Waals surface area contributed by atoms with E-state index in [0.29, 0.717) is 29.8 Å². The molecule has 1 saturated heterocycles. The number of rotatable bonds is 4. The molecular formula is C14H17ClN2O3. The van der Waals surface area contributed by atoms with Crippen LogP contribution in [0.3, 0.4) is 0 Å². The number of carboxylic acid groups (broad SMARTS) is 1. The number of hydrogen-bond acceptors (Lipinski definition) is 2. The van der Waals surface area contributed by atoms with Gasteiger partial charge in [0.2, 0.25) is 0 Å². The van der Waals surface area contributed by atoms with Crippen molar-refractivity contribution in [3.8, 4) is 0 Å². The maximum Gasteiger partial charge on any atom is 0.306 e. The summed E-state index contributed by atoms with van der Waals surface area (Å²) in [5, 5.41) is 9.54. The molecule has 2 heterocycles. The number of aliphatic carboxylic acids is 1. The lowest BCUT2D eigenvalue weighted by Crippen LogP contribution is -2.53. The fourth-order valence-corrected chi connectivity index (χ4v) is 2.84. The van der Waals surface area contributed by atoms with Gasteiger partial charge in [-0.1, -0.05) is 18.5 Å². The summed E-state index contributed by atoms with van der Waals surface area (Å²) in [6, 6.07) is 2.10. The van der Waals surface area contributed by atoms with E-state index < -0.39 is 11.9 Å². The summed E-state index contributed by atoms with van der Waals surface area (Å²) in [4.78, 5) is 25.0. The third-order valence-corrected chi connectivity index (χ3v) is 4.47. The Balaban J connectivity index is 1.68. The Kier molecular flexibility index (Phi) is 3.24. The van der Waals surface area contributed by atoms with Crippen LogP contribution in [0.5, 0.6) is 0 Å². The molecular weight excluding hydrogens is 280 g/mol. The molecule has 1 saturated carbocycles. The Morgan fingerprint density at radius 3 is 2.60 bits per heavy atom. The first kappa shape index (κ1) is 13.5. The van der Waals surface area contributed by atoms with Crippen molar-refractivity contribution >= 4 is 23.5 Å². The molecule has 0 spiro atoms. The van der Waals surface area contributed by atoms with Crippen molar-refractivity contribution in [3.63, 3.8) is 0 Å². The number of carbonyl (C=O) groups is 2. The van der Waals surface area contributed by atoms with E-state index in [-0.39, 0.29) is 11.8 Å². The van der Waals surface area contributed by atoms with Crippen LogP contribution in [-0.2, 0) is 4.79 Å². The molecule has 0 bridgehead atoms. The topological polar surface area (TPSA) is 62.5 Å². The molecule has 6 heteroatoms. The zero-order valence-corrected chi connectivity index (χ0v) is 12.0. The number of hydrogen-bond donors (Lipinski definition) is 1. The summed E-state index contributed by atoms with van der Waals surface area (Å²) in [5.41, 5.74) is 0.624. The summed E-state index contributed by atoms with van der Waals surface area (Å²) in [6.07, 6.45) is 3.98. The maximum absolute atomic E-state index is 12.4. The molecule has 2 aliphatic rings. The Bertz CT molecular complexity index is 559. The lowest BCUT2D eigenvalue weighted by molar-refractivity contribution is -0.144. The molecule has 0 aromatic carbocycles. The Hall–Kier alpha value is -1.49. The van der Waals surface area contributed by atoms with Gasteiger partial charge in [-0.2, -0.15) is 0 Å².